The zero-order valence-corrected chi connectivity index (χ0v) is 11.3. The van der Waals surface area contributed by atoms with E-state index in [0.29, 0.717) is 18.8 Å². The molecule has 5 nitrogen and oxygen atoms in total. The minimum atomic E-state index is -0.524. The van der Waals surface area contributed by atoms with Crippen LogP contribution in [0.5, 0.6) is 0 Å². The molecule has 0 bridgehead atoms. The van der Waals surface area contributed by atoms with Crippen molar-refractivity contribution in [3.8, 4) is 0 Å². The average molecular weight is 271 g/mol. The molecule has 3 rings (SSSR count). The van der Waals surface area contributed by atoms with Gasteiger partial charge >= 0.3 is 0 Å². The summed E-state index contributed by atoms with van der Waals surface area (Å²) in [4.78, 5) is 18.4. The monoisotopic (exact) mass is 271 g/mol. The van der Waals surface area contributed by atoms with Gasteiger partial charge in [0.2, 0.25) is 0 Å². The second-order valence-electron chi connectivity index (χ2n) is 5.10. The van der Waals surface area contributed by atoms with E-state index in [-0.39, 0.29) is 11.9 Å². The molecule has 104 valence electrons. The lowest BCUT2D eigenvalue weighted by Gasteiger charge is -2.26. The topological polar surface area (TPSA) is 65.5 Å². The van der Waals surface area contributed by atoms with Crippen molar-refractivity contribution in [2.45, 2.75) is 12.1 Å². The molecule has 0 aliphatic carbocycles. The van der Waals surface area contributed by atoms with E-state index in [4.69, 9.17) is 0 Å². The number of carbonyl (C=O) groups is 1. The van der Waals surface area contributed by atoms with Gasteiger partial charge in [0, 0.05) is 25.5 Å². The third-order valence-corrected chi connectivity index (χ3v) is 3.79. The summed E-state index contributed by atoms with van der Waals surface area (Å²) in [6.07, 6.45) is -0.524. The van der Waals surface area contributed by atoms with Crippen molar-refractivity contribution in [2.24, 2.45) is 0 Å². The van der Waals surface area contributed by atoms with Crippen LogP contribution in [0.2, 0.25) is 0 Å². The lowest BCUT2D eigenvalue weighted by atomic mass is 10.1. The van der Waals surface area contributed by atoms with Crippen LogP contribution in [-0.4, -0.2) is 53.2 Å². The fourth-order valence-corrected chi connectivity index (χ4v) is 2.56. The molecule has 1 aromatic heterocycles. The zero-order valence-electron chi connectivity index (χ0n) is 11.3. The van der Waals surface area contributed by atoms with Crippen LogP contribution < -0.4 is 5.32 Å². The van der Waals surface area contributed by atoms with Crippen molar-refractivity contribution in [2.75, 3.05) is 20.1 Å². The third-order valence-electron chi connectivity index (χ3n) is 3.79. The van der Waals surface area contributed by atoms with Gasteiger partial charge in [-0.2, -0.15) is 0 Å². The molecule has 1 aromatic carbocycles. The third kappa shape index (κ3) is 2.26. The van der Waals surface area contributed by atoms with Crippen LogP contribution in [0.25, 0.3) is 10.9 Å². The SMILES string of the molecule is CN(C(=O)c1ccc2ccccc2n1)[C@H]1CNC[C@@H]1O. The van der Waals surface area contributed by atoms with Gasteiger partial charge in [-0.25, -0.2) is 4.98 Å². The van der Waals surface area contributed by atoms with Gasteiger partial charge in [0.1, 0.15) is 5.69 Å². The first-order valence-electron chi connectivity index (χ1n) is 6.68. The fourth-order valence-electron chi connectivity index (χ4n) is 2.56. The van der Waals surface area contributed by atoms with Gasteiger partial charge in [-0.1, -0.05) is 24.3 Å². The summed E-state index contributed by atoms with van der Waals surface area (Å²) in [5, 5.41) is 13.9. The van der Waals surface area contributed by atoms with Crippen LogP contribution in [0.4, 0.5) is 0 Å². The van der Waals surface area contributed by atoms with Crippen LogP contribution >= 0.6 is 0 Å². The summed E-state index contributed by atoms with van der Waals surface area (Å²) in [7, 11) is 1.71. The number of rotatable bonds is 2. The zero-order chi connectivity index (χ0) is 14.1. The Kier molecular flexibility index (Phi) is 3.38. The van der Waals surface area contributed by atoms with Crippen molar-refractivity contribution in [3.63, 3.8) is 0 Å². The maximum absolute atomic E-state index is 12.4. The van der Waals surface area contributed by atoms with Gasteiger partial charge < -0.3 is 15.3 Å². The Hall–Kier alpha value is -1.98. The van der Waals surface area contributed by atoms with Crippen molar-refractivity contribution in [1.29, 1.82) is 0 Å². The van der Waals surface area contributed by atoms with E-state index < -0.39 is 6.10 Å². The van der Waals surface area contributed by atoms with Crippen LogP contribution in [-0.2, 0) is 0 Å². The number of likely N-dealkylation sites (N-methyl/N-ethyl adjacent to an activating group) is 1. The van der Waals surface area contributed by atoms with Gasteiger partial charge in [0.15, 0.2) is 0 Å². The number of amides is 1. The van der Waals surface area contributed by atoms with Crippen LogP contribution in [0.15, 0.2) is 36.4 Å². The normalized spacial score (nSPS) is 22.1. The summed E-state index contributed by atoms with van der Waals surface area (Å²) in [6.45, 7) is 1.13. The Bertz CT molecular complexity index is 644. The lowest BCUT2D eigenvalue weighted by Crippen LogP contribution is -2.44. The number of hydrogen-bond donors (Lipinski definition) is 2. The Balaban J connectivity index is 1.88. The number of aromatic nitrogens is 1. The number of carbonyl (C=O) groups excluding carboxylic acids is 1. The Labute approximate surface area is 117 Å². The van der Waals surface area contributed by atoms with Crippen LogP contribution in [0, 0.1) is 0 Å². The molecule has 2 aromatic rings. The number of para-hydroxylation sites is 1. The highest BCUT2D eigenvalue weighted by Crippen LogP contribution is 2.15. The van der Waals surface area contributed by atoms with Crippen LogP contribution in [0.1, 0.15) is 10.5 Å². The molecule has 1 aliphatic rings. The number of pyridine rings is 1. The van der Waals surface area contributed by atoms with E-state index in [1.165, 1.54) is 0 Å². The minimum absolute atomic E-state index is 0.163. The van der Waals surface area contributed by atoms with Crippen molar-refractivity contribution < 1.29 is 9.90 Å². The van der Waals surface area contributed by atoms with E-state index >= 15 is 0 Å². The van der Waals surface area contributed by atoms with Crippen molar-refractivity contribution >= 4 is 16.8 Å². The predicted molar refractivity (Wildman–Crippen MR) is 76.5 cm³/mol. The Morgan fingerprint density at radius 1 is 1.30 bits per heavy atom. The number of nitrogens with zero attached hydrogens (tertiary/aromatic N) is 2. The quantitative estimate of drug-likeness (QED) is 0.841. The number of aliphatic hydroxyl groups excluding tert-OH is 1. The maximum atomic E-state index is 12.4. The molecule has 1 fully saturated rings. The average Bonchev–Trinajstić information content (AvgIpc) is 2.91. The highest BCUT2D eigenvalue weighted by atomic mass is 16.3. The van der Waals surface area contributed by atoms with E-state index in [9.17, 15) is 9.90 Å². The number of nitrogens with one attached hydrogen (secondary N) is 1. The van der Waals surface area contributed by atoms with Crippen LogP contribution in [0.3, 0.4) is 0 Å². The molecule has 0 saturated carbocycles. The highest BCUT2D eigenvalue weighted by Gasteiger charge is 2.31. The summed E-state index contributed by atoms with van der Waals surface area (Å²) in [6, 6.07) is 11.1. The molecule has 0 unspecified atom stereocenters. The number of aliphatic hydroxyl groups is 1. The molecule has 5 heteroatoms. The highest BCUT2D eigenvalue weighted by molar-refractivity contribution is 5.95. The smallest absolute Gasteiger partial charge is 0.272 e. The minimum Gasteiger partial charge on any atom is -0.390 e. The van der Waals surface area contributed by atoms with E-state index in [1.807, 2.05) is 30.3 Å². The first kappa shape index (κ1) is 13.0. The summed E-state index contributed by atoms with van der Waals surface area (Å²) >= 11 is 0. The van der Waals surface area contributed by atoms with Gasteiger partial charge in [0.25, 0.3) is 5.91 Å². The molecule has 1 saturated heterocycles. The summed E-state index contributed by atoms with van der Waals surface area (Å²) in [5.41, 5.74) is 1.21. The number of hydrogen-bond acceptors (Lipinski definition) is 4. The Morgan fingerprint density at radius 2 is 2.10 bits per heavy atom. The van der Waals surface area contributed by atoms with E-state index in [2.05, 4.69) is 10.3 Å². The standard InChI is InChI=1S/C15H17N3O2/c1-18(13-8-16-9-14(13)19)15(20)12-7-6-10-4-2-3-5-11(10)17-12/h2-7,13-14,16,19H,8-9H2,1H3/t13-,14-/m0/s1. The largest absolute Gasteiger partial charge is 0.390 e. The van der Waals surface area contributed by atoms with Gasteiger partial charge in [-0.05, 0) is 12.1 Å². The molecule has 20 heavy (non-hydrogen) atoms. The molecule has 1 amide bonds. The number of fused-ring (bicyclic) bond motifs is 1. The first-order valence-corrected chi connectivity index (χ1v) is 6.68. The van der Waals surface area contributed by atoms with Crippen molar-refractivity contribution in [3.05, 3.63) is 42.1 Å². The maximum Gasteiger partial charge on any atom is 0.272 e. The first-order chi connectivity index (χ1) is 9.66. The summed E-state index contributed by atoms with van der Waals surface area (Å²) in [5.74, 6) is -0.163. The molecule has 0 spiro atoms. The number of β-amino-alcohol motifs (C(OH)–C–C–N with tert-alkyl or cyclic N) is 1. The van der Waals surface area contributed by atoms with Gasteiger partial charge in [0.05, 0.1) is 17.7 Å². The molecule has 2 N–H and O–H groups in total. The molecule has 1 aliphatic heterocycles. The molecule has 0 radical (unpaired) electrons. The molecule has 2 heterocycles. The lowest BCUT2D eigenvalue weighted by molar-refractivity contribution is 0.0576. The van der Waals surface area contributed by atoms with Gasteiger partial charge in [-0.15, -0.1) is 0 Å². The second kappa shape index (κ2) is 5.19. The van der Waals surface area contributed by atoms with E-state index in [0.717, 1.165) is 10.9 Å². The second-order valence-corrected chi connectivity index (χ2v) is 5.10. The van der Waals surface area contributed by atoms with Crippen molar-refractivity contribution in [1.82, 2.24) is 15.2 Å². The molecule has 2 atom stereocenters. The fraction of sp³-hybridized carbons (Fsp3) is 0.333. The molecular formula is C15H17N3O2. The molecular weight excluding hydrogens is 254 g/mol. The number of benzene rings is 1. The van der Waals surface area contributed by atoms with E-state index in [1.54, 1.807) is 18.0 Å². The van der Waals surface area contributed by atoms with Gasteiger partial charge in [-0.3, -0.25) is 4.79 Å². The summed E-state index contributed by atoms with van der Waals surface area (Å²) < 4.78 is 0. The Morgan fingerprint density at radius 3 is 2.85 bits per heavy atom. The predicted octanol–water partition coefficient (Wildman–Crippen LogP) is 0.639.